The minimum atomic E-state index is -1.34. The number of phenolic OH excluding ortho intramolecular Hbond substituents is 1. The molecule has 0 aliphatic carbocycles. The fourth-order valence-corrected chi connectivity index (χ4v) is 1.88. The predicted molar refractivity (Wildman–Crippen MR) is 74.8 cm³/mol. The minimum Gasteiger partial charge on any atom is -0.507 e. The van der Waals surface area contributed by atoms with E-state index in [2.05, 4.69) is 4.40 Å². The van der Waals surface area contributed by atoms with Gasteiger partial charge in [0.25, 0.3) is 0 Å². The Labute approximate surface area is 110 Å². The number of phenols is 1. The van der Waals surface area contributed by atoms with E-state index in [4.69, 9.17) is 4.74 Å². The molecule has 18 heavy (non-hydrogen) atoms. The van der Waals surface area contributed by atoms with Crippen molar-refractivity contribution in [2.45, 2.75) is 32.4 Å². The van der Waals surface area contributed by atoms with Gasteiger partial charge in [-0.05, 0) is 39.8 Å². The van der Waals surface area contributed by atoms with Crippen molar-refractivity contribution in [1.82, 2.24) is 0 Å². The molecule has 1 atom stereocenters. The summed E-state index contributed by atoms with van der Waals surface area (Å²) in [6.07, 6.45) is 0. The lowest BCUT2D eigenvalue weighted by Crippen LogP contribution is -2.20. The number of hydrogen-bond donors (Lipinski definition) is 1. The van der Waals surface area contributed by atoms with E-state index in [9.17, 15) is 9.32 Å². The van der Waals surface area contributed by atoms with Gasteiger partial charge in [-0.2, -0.15) is 4.40 Å². The molecule has 0 aromatic heterocycles. The summed E-state index contributed by atoms with van der Waals surface area (Å²) in [5.74, 6) is 0.641. The number of hydrogen-bond acceptors (Lipinski definition) is 3. The smallest absolute Gasteiger partial charge is 0.145 e. The van der Waals surface area contributed by atoms with Crippen LogP contribution in [0.2, 0.25) is 0 Å². The normalized spacial score (nSPS) is 14.4. The molecule has 0 amide bonds. The first kappa shape index (κ1) is 14.7. The Morgan fingerprint density at radius 2 is 2.00 bits per heavy atom. The van der Waals surface area contributed by atoms with E-state index in [1.807, 2.05) is 20.8 Å². The highest BCUT2D eigenvalue weighted by Gasteiger charge is 2.19. The summed E-state index contributed by atoms with van der Waals surface area (Å²) in [5.41, 5.74) is 1.11. The lowest BCUT2D eigenvalue weighted by Gasteiger charge is -2.14. The van der Waals surface area contributed by atoms with Gasteiger partial charge in [0.15, 0.2) is 0 Å². The third-order valence-electron chi connectivity index (χ3n) is 2.34. The van der Waals surface area contributed by atoms with Crippen LogP contribution in [0.4, 0.5) is 0 Å². The molecule has 0 aliphatic rings. The summed E-state index contributed by atoms with van der Waals surface area (Å²) in [6.45, 7) is 7.29. The minimum absolute atomic E-state index is 0.0708. The first-order chi connectivity index (χ1) is 8.25. The van der Waals surface area contributed by atoms with Crippen molar-refractivity contribution in [2.75, 3.05) is 7.11 Å². The van der Waals surface area contributed by atoms with Crippen molar-refractivity contribution >= 4 is 16.7 Å². The van der Waals surface area contributed by atoms with Crippen LogP contribution in [0.15, 0.2) is 22.6 Å². The molecule has 1 aromatic rings. The lowest BCUT2D eigenvalue weighted by molar-refractivity contribution is 0.407. The van der Waals surface area contributed by atoms with Crippen molar-refractivity contribution in [1.29, 1.82) is 0 Å². The van der Waals surface area contributed by atoms with Crippen LogP contribution >= 0.6 is 0 Å². The molecule has 1 aromatic carbocycles. The topological polar surface area (TPSA) is 58.9 Å². The number of rotatable bonds is 3. The molecule has 0 heterocycles. The van der Waals surface area contributed by atoms with Gasteiger partial charge < -0.3 is 9.84 Å². The van der Waals surface area contributed by atoms with Crippen LogP contribution in [0, 0.1) is 0 Å². The molecule has 0 radical (unpaired) electrons. The highest BCUT2D eigenvalue weighted by Crippen LogP contribution is 2.24. The zero-order chi connectivity index (χ0) is 13.9. The van der Waals surface area contributed by atoms with Crippen molar-refractivity contribution < 1.29 is 14.1 Å². The van der Waals surface area contributed by atoms with Gasteiger partial charge in [0, 0.05) is 11.6 Å². The molecule has 0 spiro atoms. The van der Waals surface area contributed by atoms with E-state index in [0.29, 0.717) is 17.0 Å². The average molecular weight is 269 g/mol. The van der Waals surface area contributed by atoms with Crippen LogP contribution in [0.1, 0.15) is 33.3 Å². The van der Waals surface area contributed by atoms with E-state index in [-0.39, 0.29) is 5.75 Å². The van der Waals surface area contributed by atoms with Gasteiger partial charge in [0.1, 0.15) is 22.5 Å². The Morgan fingerprint density at radius 1 is 1.39 bits per heavy atom. The highest BCUT2D eigenvalue weighted by molar-refractivity contribution is 7.85. The summed E-state index contributed by atoms with van der Waals surface area (Å²) in [7, 11) is 0.194. The first-order valence-corrected chi connectivity index (χ1v) is 6.71. The van der Waals surface area contributed by atoms with E-state index in [1.54, 1.807) is 19.1 Å². The van der Waals surface area contributed by atoms with Crippen LogP contribution in [-0.2, 0) is 11.0 Å². The van der Waals surface area contributed by atoms with Gasteiger partial charge in [0.2, 0.25) is 0 Å². The van der Waals surface area contributed by atoms with Crippen molar-refractivity contribution in [3.05, 3.63) is 23.8 Å². The second kappa shape index (κ2) is 5.52. The number of aromatic hydroxyl groups is 1. The van der Waals surface area contributed by atoms with Gasteiger partial charge in [0.05, 0.1) is 17.6 Å². The summed E-state index contributed by atoms with van der Waals surface area (Å²) in [4.78, 5) is 0. The van der Waals surface area contributed by atoms with Crippen molar-refractivity contribution in [3.8, 4) is 11.5 Å². The summed E-state index contributed by atoms with van der Waals surface area (Å²) in [5, 5.41) is 9.85. The lowest BCUT2D eigenvalue weighted by atomic mass is 10.1. The molecule has 100 valence electrons. The molecule has 1 N–H and O–H groups in total. The number of ether oxygens (including phenoxy) is 1. The second-order valence-corrected chi connectivity index (χ2v) is 6.83. The summed E-state index contributed by atoms with van der Waals surface area (Å²) < 4.78 is 20.6. The molecular weight excluding hydrogens is 250 g/mol. The Balaban J connectivity index is 3.08. The number of benzene rings is 1. The summed E-state index contributed by atoms with van der Waals surface area (Å²) >= 11 is 0. The fourth-order valence-electron chi connectivity index (χ4n) is 1.25. The van der Waals surface area contributed by atoms with Crippen molar-refractivity contribution in [3.63, 3.8) is 0 Å². The number of nitrogens with zero attached hydrogens (tertiary/aromatic N) is 1. The zero-order valence-electron chi connectivity index (χ0n) is 11.4. The standard InChI is InChI=1S/C13H19NO3S/c1-9(14-18(16)13(2,3)4)11-7-6-10(17-5)8-12(11)15/h6-8,15H,1-5H3/b14-9+. The molecule has 1 rings (SSSR count). The van der Waals surface area contributed by atoms with Gasteiger partial charge in [-0.15, -0.1) is 0 Å². The maximum absolute atomic E-state index is 11.9. The second-order valence-electron chi connectivity index (χ2n) is 4.92. The third-order valence-corrected chi connectivity index (χ3v) is 3.83. The summed E-state index contributed by atoms with van der Waals surface area (Å²) in [6, 6.07) is 4.94. The monoisotopic (exact) mass is 269 g/mol. The predicted octanol–water partition coefficient (Wildman–Crippen LogP) is 2.67. The van der Waals surface area contributed by atoms with Crippen molar-refractivity contribution in [2.24, 2.45) is 4.40 Å². The van der Waals surface area contributed by atoms with E-state index in [0.717, 1.165) is 0 Å². The Hall–Kier alpha value is -1.36. The SMILES string of the molecule is COc1ccc(/C(C)=N/S(=O)C(C)(C)C)c(O)c1. The van der Waals surface area contributed by atoms with Gasteiger partial charge in [-0.25, -0.2) is 4.21 Å². The third kappa shape index (κ3) is 3.57. The average Bonchev–Trinajstić information content (AvgIpc) is 2.27. The van der Waals surface area contributed by atoms with Crippen LogP contribution in [0.3, 0.4) is 0 Å². The molecule has 1 unspecified atom stereocenters. The molecule has 5 heteroatoms. The van der Waals surface area contributed by atoms with Gasteiger partial charge in [-0.1, -0.05) is 0 Å². The van der Waals surface area contributed by atoms with Crippen LogP contribution in [0.5, 0.6) is 11.5 Å². The molecular formula is C13H19NO3S. The highest BCUT2D eigenvalue weighted by atomic mass is 32.2. The quantitative estimate of drug-likeness (QED) is 0.858. The maximum Gasteiger partial charge on any atom is 0.145 e. The molecule has 0 fully saturated rings. The Bertz CT molecular complexity index is 489. The van der Waals surface area contributed by atoms with Gasteiger partial charge in [-0.3, -0.25) is 0 Å². The molecule has 0 aliphatic heterocycles. The molecule has 0 saturated carbocycles. The first-order valence-electron chi connectivity index (χ1n) is 5.60. The van der Waals surface area contributed by atoms with E-state index in [1.165, 1.54) is 13.2 Å². The Morgan fingerprint density at radius 3 is 2.44 bits per heavy atom. The van der Waals surface area contributed by atoms with E-state index >= 15 is 0 Å². The van der Waals surface area contributed by atoms with E-state index < -0.39 is 15.7 Å². The zero-order valence-corrected chi connectivity index (χ0v) is 12.2. The molecule has 4 nitrogen and oxygen atoms in total. The number of methoxy groups -OCH3 is 1. The molecule has 0 saturated heterocycles. The Kier molecular flexibility index (Phi) is 4.51. The van der Waals surface area contributed by atoms with Crippen LogP contribution in [0.25, 0.3) is 0 Å². The molecule has 0 bridgehead atoms. The van der Waals surface area contributed by atoms with Crippen LogP contribution in [-0.4, -0.2) is 26.9 Å². The van der Waals surface area contributed by atoms with Gasteiger partial charge >= 0.3 is 0 Å². The largest absolute Gasteiger partial charge is 0.507 e. The maximum atomic E-state index is 11.9. The van der Waals surface area contributed by atoms with Crippen LogP contribution < -0.4 is 4.74 Å². The fraction of sp³-hybridized carbons (Fsp3) is 0.462.